The highest BCUT2D eigenvalue weighted by Crippen LogP contribution is 2.29. The summed E-state index contributed by atoms with van der Waals surface area (Å²) in [5.74, 6) is -1.01. The van der Waals surface area contributed by atoms with Gasteiger partial charge in [-0.1, -0.05) is 12.1 Å². The third kappa shape index (κ3) is 1.66. The number of aryl methyl sites for hydroxylation is 1. The van der Waals surface area contributed by atoms with E-state index in [9.17, 15) is 9.59 Å². The molecule has 0 unspecified atom stereocenters. The first-order valence-electron chi connectivity index (χ1n) is 5.23. The molecule has 1 aromatic rings. The minimum absolute atomic E-state index is 0.0209. The van der Waals surface area contributed by atoms with E-state index in [1.807, 2.05) is 6.07 Å². The molecule has 0 fully saturated rings. The Balaban J connectivity index is 2.61. The summed E-state index contributed by atoms with van der Waals surface area (Å²) in [7, 11) is 1.64. The molecule has 4 nitrogen and oxygen atoms in total. The standard InChI is InChI=1S/C12H13NO3/c1-13-10(14)7-3-5-8-4-2-6-9(11(8)13)12(15)16/h2,4,6H,3,5,7H2,1H3,(H,15,16). The molecule has 0 aromatic heterocycles. The van der Waals surface area contributed by atoms with Gasteiger partial charge in [0.1, 0.15) is 0 Å². The summed E-state index contributed by atoms with van der Waals surface area (Å²) in [4.78, 5) is 24.2. The predicted octanol–water partition coefficient (Wildman–Crippen LogP) is 1.68. The average molecular weight is 219 g/mol. The van der Waals surface area contributed by atoms with Crippen LogP contribution in [0.1, 0.15) is 28.8 Å². The van der Waals surface area contributed by atoms with Crippen molar-refractivity contribution in [1.29, 1.82) is 0 Å². The molecule has 84 valence electrons. The van der Waals surface area contributed by atoms with Gasteiger partial charge in [-0.15, -0.1) is 0 Å². The molecular weight excluding hydrogens is 206 g/mol. The van der Waals surface area contributed by atoms with E-state index in [2.05, 4.69) is 0 Å². The van der Waals surface area contributed by atoms with E-state index in [0.29, 0.717) is 12.1 Å². The number of hydrogen-bond donors (Lipinski definition) is 1. The normalized spacial score (nSPS) is 15.6. The van der Waals surface area contributed by atoms with Crippen LogP contribution in [-0.4, -0.2) is 24.0 Å². The van der Waals surface area contributed by atoms with Crippen molar-refractivity contribution in [3.63, 3.8) is 0 Å². The number of aromatic carboxylic acids is 1. The van der Waals surface area contributed by atoms with Crippen LogP contribution in [0.15, 0.2) is 18.2 Å². The summed E-state index contributed by atoms with van der Waals surface area (Å²) in [6.07, 6.45) is 2.01. The van der Waals surface area contributed by atoms with Gasteiger partial charge in [-0.3, -0.25) is 4.79 Å². The zero-order valence-corrected chi connectivity index (χ0v) is 9.06. The van der Waals surface area contributed by atoms with Crippen LogP contribution in [0, 0.1) is 0 Å². The number of rotatable bonds is 1. The number of benzene rings is 1. The van der Waals surface area contributed by atoms with E-state index in [0.717, 1.165) is 18.4 Å². The van der Waals surface area contributed by atoms with Crippen molar-refractivity contribution in [2.24, 2.45) is 0 Å². The van der Waals surface area contributed by atoms with Crippen molar-refractivity contribution < 1.29 is 14.7 Å². The van der Waals surface area contributed by atoms with Gasteiger partial charge in [-0.05, 0) is 24.5 Å². The van der Waals surface area contributed by atoms with Crippen LogP contribution in [-0.2, 0) is 11.2 Å². The van der Waals surface area contributed by atoms with Crippen LogP contribution in [0.4, 0.5) is 5.69 Å². The van der Waals surface area contributed by atoms with Gasteiger partial charge < -0.3 is 10.0 Å². The van der Waals surface area contributed by atoms with Gasteiger partial charge in [0.25, 0.3) is 0 Å². The second-order valence-corrected chi connectivity index (χ2v) is 3.92. The van der Waals surface area contributed by atoms with Crippen molar-refractivity contribution in [2.75, 3.05) is 11.9 Å². The highest BCUT2D eigenvalue weighted by atomic mass is 16.4. The number of carbonyl (C=O) groups is 2. The van der Waals surface area contributed by atoms with E-state index in [1.165, 1.54) is 11.0 Å². The maximum absolute atomic E-state index is 11.7. The maximum Gasteiger partial charge on any atom is 0.337 e. The fourth-order valence-corrected chi connectivity index (χ4v) is 2.08. The lowest BCUT2D eigenvalue weighted by Gasteiger charge is -2.19. The number of carboxylic acids is 1. The third-order valence-electron chi connectivity index (χ3n) is 2.90. The maximum atomic E-state index is 11.7. The Morgan fingerprint density at radius 3 is 2.81 bits per heavy atom. The Hall–Kier alpha value is -1.84. The van der Waals surface area contributed by atoms with Crippen LogP contribution in [0.25, 0.3) is 0 Å². The van der Waals surface area contributed by atoms with Gasteiger partial charge in [0.05, 0.1) is 11.3 Å². The summed E-state index contributed by atoms with van der Waals surface area (Å²) in [6.45, 7) is 0. The number of amides is 1. The molecule has 1 N–H and O–H groups in total. The summed E-state index contributed by atoms with van der Waals surface area (Å²) in [5.41, 5.74) is 1.70. The van der Waals surface area contributed by atoms with Gasteiger partial charge in [0.2, 0.25) is 5.91 Å². The smallest absolute Gasteiger partial charge is 0.337 e. The lowest BCUT2D eigenvalue weighted by Crippen LogP contribution is -2.26. The van der Waals surface area contributed by atoms with Crippen LogP contribution in [0.2, 0.25) is 0 Å². The third-order valence-corrected chi connectivity index (χ3v) is 2.90. The highest BCUT2D eigenvalue weighted by Gasteiger charge is 2.23. The average Bonchev–Trinajstić information content (AvgIpc) is 2.40. The Morgan fingerprint density at radius 2 is 2.12 bits per heavy atom. The SMILES string of the molecule is CN1C(=O)CCCc2cccc(C(=O)O)c21. The van der Waals surface area contributed by atoms with E-state index >= 15 is 0 Å². The van der Waals surface area contributed by atoms with Gasteiger partial charge in [-0.25, -0.2) is 4.79 Å². The highest BCUT2D eigenvalue weighted by molar-refractivity contribution is 6.03. The number of nitrogens with zero attached hydrogens (tertiary/aromatic N) is 1. The monoisotopic (exact) mass is 219 g/mol. The van der Waals surface area contributed by atoms with Crippen LogP contribution in [0.3, 0.4) is 0 Å². The second-order valence-electron chi connectivity index (χ2n) is 3.92. The van der Waals surface area contributed by atoms with Gasteiger partial charge in [-0.2, -0.15) is 0 Å². The van der Waals surface area contributed by atoms with Gasteiger partial charge in [0, 0.05) is 13.5 Å². The van der Waals surface area contributed by atoms with Crippen molar-refractivity contribution in [3.05, 3.63) is 29.3 Å². The number of anilines is 1. The van der Waals surface area contributed by atoms with E-state index in [1.54, 1.807) is 13.1 Å². The first-order valence-corrected chi connectivity index (χ1v) is 5.23. The Labute approximate surface area is 93.5 Å². The number of carboxylic acid groups (broad SMARTS) is 1. The Kier molecular flexibility index (Phi) is 2.64. The molecule has 0 aliphatic carbocycles. The molecule has 4 heteroatoms. The first-order chi connectivity index (χ1) is 7.61. The molecule has 0 saturated carbocycles. The molecule has 1 heterocycles. The van der Waals surface area contributed by atoms with Gasteiger partial charge >= 0.3 is 5.97 Å². The van der Waals surface area contributed by atoms with E-state index in [4.69, 9.17) is 5.11 Å². The second kappa shape index (κ2) is 3.96. The fraction of sp³-hybridized carbons (Fsp3) is 0.333. The molecule has 1 amide bonds. The summed E-state index contributed by atoms with van der Waals surface area (Å²) in [6, 6.07) is 5.15. The van der Waals surface area contributed by atoms with Crippen LogP contribution in [0.5, 0.6) is 0 Å². The van der Waals surface area contributed by atoms with Gasteiger partial charge in [0.15, 0.2) is 0 Å². The lowest BCUT2D eigenvalue weighted by atomic mass is 10.0. The van der Waals surface area contributed by atoms with Crippen LogP contribution < -0.4 is 4.90 Å². The zero-order chi connectivity index (χ0) is 11.7. The first kappa shape index (κ1) is 10.7. The molecule has 16 heavy (non-hydrogen) atoms. The number of carbonyl (C=O) groups excluding carboxylic acids is 1. The van der Waals surface area contributed by atoms with Crippen molar-refractivity contribution >= 4 is 17.6 Å². The van der Waals surface area contributed by atoms with Crippen molar-refractivity contribution in [1.82, 2.24) is 0 Å². The summed E-state index contributed by atoms with van der Waals surface area (Å²) in [5, 5.41) is 9.10. The van der Waals surface area contributed by atoms with Crippen LogP contribution >= 0.6 is 0 Å². The number of para-hydroxylation sites is 1. The molecule has 1 aromatic carbocycles. The molecular formula is C12H13NO3. The zero-order valence-electron chi connectivity index (χ0n) is 9.06. The predicted molar refractivity (Wildman–Crippen MR) is 59.7 cm³/mol. The van der Waals surface area contributed by atoms with Crippen molar-refractivity contribution in [3.8, 4) is 0 Å². The largest absolute Gasteiger partial charge is 0.478 e. The molecule has 0 saturated heterocycles. The minimum Gasteiger partial charge on any atom is -0.478 e. The Morgan fingerprint density at radius 1 is 1.38 bits per heavy atom. The number of hydrogen-bond acceptors (Lipinski definition) is 2. The topological polar surface area (TPSA) is 57.6 Å². The molecule has 1 aliphatic heterocycles. The number of fused-ring (bicyclic) bond motifs is 1. The summed E-state index contributed by atoms with van der Waals surface area (Å²) < 4.78 is 0. The summed E-state index contributed by atoms with van der Waals surface area (Å²) >= 11 is 0. The molecule has 0 radical (unpaired) electrons. The molecule has 0 atom stereocenters. The lowest BCUT2D eigenvalue weighted by molar-refractivity contribution is -0.118. The van der Waals surface area contributed by atoms with E-state index < -0.39 is 5.97 Å². The quantitative estimate of drug-likeness (QED) is 0.781. The molecule has 2 rings (SSSR count). The van der Waals surface area contributed by atoms with Crippen molar-refractivity contribution in [2.45, 2.75) is 19.3 Å². The Bertz CT molecular complexity index is 454. The van der Waals surface area contributed by atoms with E-state index in [-0.39, 0.29) is 11.5 Å². The minimum atomic E-state index is -0.988. The molecule has 0 bridgehead atoms. The molecule has 1 aliphatic rings. The molecule has 0 spiro atoms. The fourth-order valence-electron chi connectivity index (χ4n) is 2.08.